The van der Waals surface area contributed by atoms with Crippen molar-refractivity contribution >= 4 is 39.8 Å². The molecule has 0 atom stereocenters. The predicted octanol–water partition coefficient (Wildman–Crippen LogP) is 3.91. The van der Waals surface area contributed by atoms with Crippen LogP contribution in [0.1, 0.15) is 12.7 Å². The third-order valence-corrected chi connectivity index (χ3v) is 4.14. The largest absolute Gasteiger partial charge is 0.494 e. The van der Waals surface area contributed by atoms with E-state index in [0.717, 1.165) is 6.92 Å². The van der Waals surface area contributed by atoms with Gasteiger partial charge in [-0.3, -0.25) is 9.98 Å². The molecule has 27 heavy (non-hydrogen) atoms. The molecule has 0 radical (unpaired) electrons. The molecule has 3 aromatic rings. The van der Waals surface area contributed by atoms with Crippen molar-refractivity contribution in [2.45, 2.75) is 25.9 Å². The Morgan fingerprint density at radius 1 is 1.41 bits per heavy atom. The number of hydrogen-bond acceptors (Lipinski definition) is 5. The van der Waals surface area contributed by atoms with Gasteiger partial charge in [0.2, 0.25) is 0 Å². The van der Waals surface area contributed by atoms with Crippen LogP contribution in [0, 0.1) is 0 Å². The summed E-state index contributed by atoms with van der Waals surface area (Å²) in [6.45, 7) is 0.403. The van der Waals surface area contributed by atoms with Crippen molar-refractivity contribution in [1.82, 2.24) is 14.5 Å². The molecule has 0 unspecified atom stereocenters. The van der Waals surface area contributed by atoms with Gasteiger partial charge in [-0.05, 0) is 18.2 Å². The zero-order chi connectivity index (χ0) is 19.6. The van der Waals surface area contributed by atoms with Crippen LogP contribution in [0.3, 0.4) is 0 Å². The molecular weight excluding hydrogens is 376 g/mol. The van der Waals surface area contributed by atoms with E-state index in [1.54, 1.807) is 24.4 Å². The van der Waals surface area contributed by atoms with E-state index >= 15 is 0 Å². The lowest BCUT2D eigenvalue weighted by atomic mass is 10.2. The van der Waals surface area contributed by atoms with E-state index in [1.165, 1.54) is 24.1 Å². The van der Waals surface area contributed by atoms with Gasteiger partial charge in [-0.2, -0.15) is 0 Å². The average molecular weight is 394 g/mol. The lowest BCUT2D eigenvalue weighted by Gasteiger charge is -2.15. The van der Waals surface area contributed by atoms with Crippen LogP contribution in [0.2, 0.25) is 5.02 Å². The Morgan fingerprint density at radius 3 is 2.85 bits per heavy atom. The Kier molecular flexibility index (Phi) is 5.27. The summed E-state index contributed by atoms with van der Waals surface area (Å²) in [7, 11) is 1.46. The summed E-state index contributed by atoms with van der Waals surface area (Å²) in [6, 6.07) is 5.15. The van der Waals surface area contributed by atoms with Crippen molar-refractivity contribution in [3.8, 4) is 0 Å². The lowest BCUT2D eigenvalue weighted by Crippen LogP contribution is -2.21. The van der Waals surface area contributed by atoms with Crippen molar-refractivity contribution in [3.63, 3.8) is 0 Å². The fourth-order valence-electron chi connectivity index (χ4n) is 2.78. The molecule has 0 fully saturated rings. The van der Waals surface area contributed by atoms with Crippen LogP contribution in [0.15, 0.2) is 41.3 Å². The number of hydrogen-bond donors (Lipinski definition) is 1. The highest BCUT2D eigenvalue weighted by Gasteiger charge is 2.26. The van der Waals surface area contributed by atoms with Crippen LogP contribution in [-0.2, 0) is 17.8 Å². The first-order valence-corrected chi connectivity index (χ1v) is 8.47. The van der Waals surface area contributed by atoms with Crippen molar-refractivity contribution in [2.24, 2.45) is 10.7 Å². The smallest absolute Gasteiger partial charge is 0.262 e. The number of pyridine rings is 1. The molecular formula is C18H18ClF2N5O. The molecule has 3 rings (SSSR count). The minimum Gasteiger partial charge on any atom is -0.494 e. The second kappa shape index (κ2) is 7.48. The molecule has 9 heteroatoms. The van der Waals surface area contributed by atoms with E-state index in [-0.39, 0.29) is 6.54 Å². The minimum absolute atomic E-state index is 0.0769. The summed E-state index contributed by atoms with van der Waals surface area (Å²) < 4.78 is 34.2. The topological polar surface area (TPSA) is 78.3 Å². The van der Waals surface area contributed by atoms with E-state index in [4.69, 9.17) is 22.1 Å². The van der Waals surface area contributed by atoms with Crippen LogP contribution < -0.4 is 5.73 Å². The number of aliphatic imine (C=N–C) groups is 1. The van der Waals surface area contributed by atoms with Gasteiger partial charge in [0.25, 0.3) is 5.92 Å². The Bertz CT molecular complexity index is 1040. The van der Waals surface area contributed by atoms with Gasteiger partial charge in [0.15, 0.2) is 5.76 Å². The molecule has 0 aliphatic heterocycles. The Morgan fingerprint density at radius 2 is 2.19 bits per heavy atom. The van der Waals surface area contributed by atoms with Crippen LogP contribution in [0.25, 0.3) is 21.9 Å². The summed E-state index contributed by atoms with van der Waals surface area (Å²) >= 11 is 6.10. The van der Waals surface area contributed by atoms with Crippen molar-refractivity contribution in [2.75, 3.05) is 7.11 Å². The highest BCUT2D eigenvalue weighted by atomic mass is 35.5. The first-order valence-electron chi connectivity index (χ1n) is 8.09. The fourth-order valence-corrected chi connectivity index (χ4v) is 2.96. The van der Waals surface area contributed by atoms with Gasteiger partial charge >= 0.3 is 0 Å². The van der Waals surface area contributed by atoms with Crippen LogP contribution >= 0.6 is 11.6 Å². The molecule has 0 saturated heterocycles. The van der Waals surface area contributed by atoms with E-state index < -0.39 is 12.5 Å². The van der Waals surface area contributed by atoms with Gasteiger partial charge in [-0.25, -0.2) is 13.8 Å². The standard InChI is InChI=1S/C18H18ClF2N5O/c1-18(20,21)10-26-16(9-23-7-12(6-22)27-2)25-15-8-24-14-4-3-11(19)5-13(14)17(15)26/h3-8H,9-10,22H2,1-2H3. The molecule has 0 aliphatic carbocycles. The van der Waals surface area contributed by atoms with Crippen LogP contribution in [0.5, 0.6) is 0 Å². The molecule has 6 nitrogen and oxygen atoms in total. The predicted molar refractivity (Wildman–Crippen MR) is 102 cm³/mol. The summed E-state index contributed by atoms with van der Waals surface area (Å²) in [5, 5.41) is 1.15. The van der Waals surface area contributed by atoms with Crippen molar-refractivity contribution in [1.29, 1.82) is 0 Å². The lowest BCUT2D eigenvalue weighted by molar-refractivity contribution is 0.00430. The van der Waals surface area contributed by atoms with E-state index in [9.17, 15) is 8.78 Å². The molecule has 0 aliphatic rings. The monoisotopic (exact) mass is 393 g/mol. The second-order valence-corrected chi connectivity index (χ2v) is 6.52. The Balaban J connectivity index is 2.16. The zero-order valence-corrected chi connectivity index (χ0v) is 15.5. The zero-order valence-electron chi connectivity index (χ0n) is 14.8. The number of imidazole rings is 1. The third-order valence-electron chi connectivity index (χ3n) is 3.90. The normalized spacial score (nSPS) is 13.1. The van der Waals surface area contributed by atoms with Crippen molar-refractivity contribution in [3.05, 3.63) is 47.2 Å². The third kappa shape index (κ3) is 4.16. The van der Waals surface area contributed by atoms with Gasteiger partial charge in [0.1, 0.15) is 11.3 Å². The summed E-state index contributed by atoms with van der Waals surface area (Å²) in [5.41, 5.74) is 7.09. The van der Waals surface area contributed by atoms with Gasteiger partial charge in [0.05, 0.1) is 43.6 Å². The summed E-state index contributed by atoms with van der Waals surface area (Å²) in [6.07, 6.45) is 4.23. The molecule has 2 N–H and O–H groups in total. The Hall–Kier alpha value is -2.74. The van der Waals surface area contributed by atoms with E-state index in [2.05, 4.69) is 15.0 Å². The number of alkyl halides is 2. The highest BCUT2D eigenvalue weighted by molar-refractivity contribution is 6.31. The molecule has 2 heterocycles. The number of benzene rings is 1. The number of rotatable bonds is 6. The molecule has 0 saturated carbocycles. The van der Waals surface area contributed by atoms with Gasteiger partial charge in [-0.1, -0.05) is 11.6 Å². The minimum atomic E-state index is -2.94. The van der Waals surface area contributed by atoms with E-state index in [1.807, 2.05) is 0 Å². The van der Waals surface area contributed by atoms with Gasteiger partial charge in [0, 0.05) is 23.5 Å². The molecule has 0 amide bonds. The first kappa shape index (κ1) is 19.0. The first-order chi connectivity index (χ1) is 12.8. The Labute approximate surface area is 159 Å². The fraction of sp³-hybridized carbons (Fsp3) is 0.278. The average Bonchev–Trinajstić information content (AvgIpc) is 2.95. The van der Waals surface area contributed by atoms with Crippen molar-refractivity contribution < 1.29 is 13.5 Å². The summed E-state index contributed by atoms with van der Waals surface area (Å²) in [4.78, 5) is 13.0. The second-order valence-electron chi connectivity index (χ2n) is 6.08. The van der Waals surface area contributed by atoms with Crippen LogP contribution in [-0.4, -0.2) is 33.8 Å². The van der Waals surface area contributed by atoms with Gasteiger partial charge < -0.3 is 15.0 Å². The molecule has 142 valence electrons. The number of aromatic nitrogens is 3. The number of methoxy groups -OCH3 is 1. The number of nitrogens with zero attached hydrogens (tertiary/aromatic N) is 4. The maximum absolute atomic E-state index is 13.9. The maximum atomic E-state index is 13.9. The van der Waals surface area contributed by atoms with Crippen LogP contribution in [0.4, 0.5) is 8.78 Å². The molecule has 1 aromatic carbocycles. The molecule has 2 aromatic heterocycles. The molecule has 0 bridgehead atoms. The number of nitrogens with two attached hydrogens (primary N) is 1. The SMILES string of the molecule is COC(C=NCc1nc2cnc3ccc(Cl)cc3c2n1CC(C)(F)F)=CN. The maximum Gasteiger partial charge on any atom is 0.262 e. The quantitative estimate of drug-likeness (QED) is 0.508. The number of ether oxygens (including phenoxy) is 1. The van der Waals surface area contributed by atoms with E-state index in [0.29, 0.717) is 38.5 Å². The number of fused-ring (bicyclic) bond motifs is 3. The summed E-state index contributed by atoms with van der Waals surface area (Å²) in [5.74, 6) is -2.20. The highest BCUT2D eigenvalue weighted by Crippen LogP contribution is 2.29. The molecule has 0 spiro atoms. The number of allylic oxidation sites excluding steroid dienone is 1. The number of halogens is 3. The van der Waals surface area contributed by atoms with Gasteiger partial charge in [-0.15, -0.1) is 0 Å².